The van der Waals surface area contributed by atoms with Gasteiger partial charge in [-0.25, -0.2) is 0 Å². The van der Waals surface area contributed by atoms with Crippen molar-refractivity contribution in [3.8, 4) is 5.75 Å². The van der Waals surface area contributed by atoms with Crippen molar-refractivity contribution in [2.45, 2.75) is 58.4 Å². The van der Waals surface area contributed by atoms with Gasteiger partial charge in [0.05, 0.1) is 7.11 Å². The van der Waals surface area contributed by atoms with Gasteiger partial charge in [0.1, 0.15) is 5.75 Å². The van der Waals surface area contributed by atoms with Gasteiger partial charge in [0, 0.05) is 39.9 Å². The maximum Gasteiger partial charge on any atom is 0.191 e. The van der Waals surface area contributed by atoms with Crippen LogP contribution in [0.3, 0.4) is 0 Å². The summed E-state index contributed by atoms with van der Waals surface area (Å²) in [6, 6.07) is 8.45. The standard InChI is InChI=1S/C26H44N4O2/c1-4-32-18-15-26(13-5-6-14-26)21-29-25(27-2)28-19-22-11-16-30(17-12-22)20-23-7-9-24(31-3)10-8-23/h7-10,22H,4-6,11-21H2,1-3H3,(H2,27,28,29). The van der Waals surface area contributed by atoms with Crippen molar-refractivity contribution in [3.05, 3.63) is 29.8 Å². The molecule has 1 heterocycles. The SMILES string of the molecule is CCOCCC1(CNC(=NC)NCC2CCN(Cc3ccc(OC)cc3)CC2)CCCC1. The number of nitrogens with one attached hydrogen (secondary N) is 2. The average Bonchev–Trinajstić information content (AvgIpc) is 3.30. The summed E-state index contributed by atoms with van der Waals surface area (Å²) < 4.78 is 10.9. The average molecular weight is 445 g/mol. The van der Waals surface area contributed by atoms with Gasteiger partial charge in [0.15, 0.2) is 5.96 Å². The van der Waals surface area contributed by atoms with E-state index in [1.165, 1.54) is 44.1 Å². The Kier molecular flexibility index (Phi) is 10.1. The second-order valence-electron chi connectivity index (χ2n) is 9.53. The summed E-state index contributed by atoms with van der Waals surface area (Å²) in [6.45, 7) is 9.11. The molecular weight excluding hydrogens is 400 g/mol. The largest absolute Gasteiger partial charge is 0.497 e. The van der Waals surface area contributed by atoms with Gasteiger partial charge in [-0.15, -0.1) is 0 Å². The maximum absolute atomic E-state index is 5.65. The van der Waals surface area contributed by atoms with Crippen molar-refractivity contribution >= 4 is 5.96 Å². The lowest BCUT2D eigenvalue weighted by Crippen LogP contribution is -2.46. The lowest BCUT2D eigenvalue weighted by Gasteiger charge is -2.33. The minimum Gasteiger partial charge on any atom is -0.497 e. The quantitative estimate of drug-likeness (QED) is 0.306. The van der Waals surface area contributed by atoms with Crippen molar-refractivity contribution in [1.29, 1.82) is 0 Å². The van der Waals surface area contributed by atoms with Crippen LogP contribution in [0, 0.1) is 11.3 Å². The number of guanidine groups is 1. The Labute approximate surface area is 195 Å². The Morgan fingerprint density at radius 2 is 1.84 bits per heavy atom. The third-order valence-corrected chi connectivity index (χ3v) is 7.33. The number of piperidine rings is 1. The lowest BCUT2D eigenvalue weighted by atomic mass is 9.83. The molecule has 180 valence electrons. The molecule has 1 aromatic rings. The molecule has 0 amide bonds. The number of hydrogen-bond acceptors (Lipinski definition) is 4. The molecule has 2 aliphatic rings. The van der Waals surface area contributed by atoms with Crippen molar-refractivity contribution in [2.75, 3.05) is 53.6 Å². The first-order chi connectivity index (χ1) is 15.7. The molecule has 0 spiro atoms. The minimum atomic E-state index is 0.375. The van der Waals surface area contributed by atoms with Crippen LogP contribution in [0.25, 0.3) is 0 Å². The number of likely N-dealkylation sites (tertiary alicyclic amines) is 1. The molecule has 32 heavy (non-hydrogen) atoms. The van der Waals surface area contributed by atoms with E-state index in [2.05, 4.69) is 51.7 Å². The van der Waals surface area contributed by atoms with Crippen LogP contribution in [0.4, 0.5) is 0 Å². The molecule has 1 aliphatic heterocycles. The van der Waals surface area contributed by atoms with Gasteiger partial charge in [-0.2, -0.15) is 0 Å². The van der Waals surface area contributed by atoms with Crippen molar-refractivity contribution < 1.29 is 9.47 Å². The van der Waals surface area contributed by atoms with E-state index in [4.69, 9.17) is 9.47 Å². The molecule has 1 saturated carbocycles. The smallest absolute Gasteiger partial charge is 0.191 e. The van der Waals surface area contributed by atoms with E-state index in [1.807, 2.05) is 7.05 Å². The summed E-state index contributed by atoms with van der Waals surface area (Å²) in [5, 5.41) is 7.23. The highest BCUT2D eigenvalue weighted by Crippen LogP contribution is 2.40. The molecule has 0 unspecified atom stereocenters. The fourth-order valence-electron chi connectivity index (χ4n) is 5.14. The molecule has 2 fully saturated rings. The summed E-state index contributed by atoms with van der Waals surface area (Å²) >= 11 is 0. The zero-order valence-corrected chi connectivity index (χ0v) is 20.5. The van der Waals surface area contributed by atoms with E-state index >= 15 is 0 Å². The number of rotatable bonds is 11. The van der Waals surface area contributed by atoms with Crippen LogP contribution < -0.4 is 15.4 Å². The highest BCUT2D eigenvalue weighted by atomic mass is 16.5. The number of aliphatic imine (C=N–C) groups is 1. The summed E-state index contributed by atoms with van der Waals surface area (Å²) in [6.07, 6.45) is 8.91. The second kappa shape index (κ2) is 13.0. The van der Waals surface area contributed by atoms with Gasteiger partial charge < -0.3 is 20.1 Å². The minimum absolute atomic E-state index is 0.375. The Balaban J connectivity index is 1.36. The van der Waals surface area contributed by atoms with Crippen LogP contribution >= 0.6 is 0 Å². The fraction of sp³-hybridized carbons (Fsp3) is 0.731. The molecule has 1 saturated heterocycles. The number of methoxy groups -OCH3 is 1. The van der Waals surface area contributed by atoms with Gasteiger partial charge in [0.2, 0.25) is 0 Å². The van der Waals surface area contributed by atoms with Crippen LogP contribution in [0.1, 0.15) is 57.4 Å². The highest BCUT2D eigenvalue weighted by Gasteiger charge is 2.33. The molecule has 2 N–H and O–H groups in total. The lowest BCUT2D eigenvalue weighted by molar-refractivity contribution is 0.105. The molecule has 0 atom stereocenters. The topological polar surface area (TPSA) is 58.1 Å². The molecule has 1 aromatic carbocycles. The van der Waals surface area contributed by atoms with Crippen LogP contribution in [0.5, 0.6) is 5.75 Å². The summed E-state index contributed by atoms with van der Waals surface area (Å²) in [5.41, 5.74) is 1.73. The van der Waals surface area contributed by atoms with Crippen LogP contribution in [-0.2, 0) is 11.3 Å². The Morgan fingerprint density at radius 1 is 1.12 bits per heavy atom. The van der Waals surface area contributed by atoms with E-state index in [0.29, 0.717) is 11.3 Å². The Morgan fingerprint density at radius 3 is 2.47 bits per heavy atom. The van der Waals surface area contributed by atoms with E-state index in [0.717, 1.165) is 64.1 Å². The van der Waals surface area contributed by atoms with Crippen molar-refractivity contribution in [3.63, 3.8) is 0 Å². The van der Waals surface area contributed by atoms with Gasteiger partial charge in [0.25, 0.3) is 0 Å². The van der Waals surface area contributed by atoms with Crippen LogP contribution in [0.2, 0.25) is 0 Å². The highest BCUT2D eigenvalue weighted by molar-refractivity contribution is 5.79. The van der Waals surface area contributed by atoms with E-state index in [1.54, 1.807) is 7.11 Å². The zero-order chi connectivity index (χ0) is 22.7. The zero-order valence-electron chi connectivity index (χ0n) is 20.5. The summed E-state index contributed by atoms with van der Waals surface area (Å²) in [4.78, 5) is 7.05. The number of benzene rings is 1. The molecule has 6 nitrogen and oxygen atoms in total. The van der Waals surface area contributed by atoms with E-state index in [9.17, 15) is 0 Å². The molecule has 0 bridgehead atoms. The van der Waals surface area contributed by atoms with Crippen LogP contribution in [0.15, 0.2) is 29.3 Å². The molecule has 0 radical (unpaired) electrons. The third kappa shape index (κ3) is 7.66. The molecule has 3 rings (SSSR count). The summed E-state index contributed by atoms with van der Waals surface area (Å²) in [5.74, 6) is 2.58. The van der Waals surface area contributed by atoms with Crippen molar-refractivity contribution in [2.24, 2.45) is 16.3 Å². The maximum atomic E-state index is 5.65. The van der Waals surface area contributed by atoms with Gasteiger partial charge in [-0.1, -0.05) is 25.0 Å². The Hall–Kier alpha value is -1.79. The first-order valence-electron chi connectivity index (χ1n) is 12.5. The molecular formula is C26H44N4O2. The number of ether oxygens (including phenoxy) is 2. The number of nitrogens with zero attached hydrogens (tertiary/aromatic N) is 2. The van der Waals surface area contributed by atoms with Crippen molar-refractivity contribution in [1.82, 2.24) is 15.5 Å². The Bertz CT molecular complexity index is 678. The second-order valence-corrected chi connectivity index (χ2v) is 9.53. The monoisotopic (exact) mass is 444 g/mol. The molecule has 6 heteroatoms. The normalized spacial score (nSPS) is 19.8. The van der Waals surface area contributed by atoms with E-state index in [-0.39, 0.29) is 0 Å². The number of hydrogen-bond donors (Lipinski definition) is 2. The van der Waals surface area contributed by atoms with Gasteiger partial charge >= 0.3 is 0 Å². The first kappa shape index (κ1) is 24.8. The van der Waals surface area contributed by atoms with Gasteiger partial charge in [-0.3, -0.25) is 9.89 Å². The molecule has 1 aliphatic carbocycles. The predicted octanol–water partition coefficient (Wildman–Crippen LogP) is 4.06. The van der Waals surface area contributed by atoms with Gasteiger partial charge in [-0.05, 0) is 81.1 Å². The predicted molar refractivity (Wildman–Crippen MR) is 132 cm³/mol. The fourth-order valence-corrected chi connectivity index (χ4v) is 5.14. The molecule has 0 aromatic heterocycles. The van der Waals surface area contributed by atoms with Crippen LogP contribution in [-0.4, -0.2) is 64.4 Å². The van der Waals surface area contributed by atoms with E-state index < -0.39 is 0 Å². The summed E-state index contributed by atoms with van der Waals surface area (Å²) in [7, 11) is 3.60. The first-order valence-corrected chi connectivity index (χ1v) is 12.5. The third-order valence-electron chi connectivity index (χ3n) is 7.33.